The smallest absolute Gasteiger partial charge is 0.326 e. The predicted molar refractivity (Wildman–Crippen MR) is 78.2 cm³/mol. The second-order valence-corrected chi connectivity index (χ2v) is 6.12. The molecule has 122 valence electrons. The molecule has 0 aliphatic rings. The van der Waals surface area contributed by atoms with E-state index in [2.05, 4.69) is 5.32 Å². The van der Waals surface area contributed by atoms with Crippen LogP contribution in [0.1, 0.15) is 30.1 Å². The molecule has 0 aliphatic heterocycles. The van der Waals surface area contributed by atoms with Crippen LogP contribution in [0.5, 0.6) is 5.75 Å². The van der Waals surface area contributed by atoms with Crippen LogP contribution in [0.3, 0.4) is 0 Å². The van der Waals surface area contributed by atoms with Gasteiger partial charge in [-0.2, -0.15) is 0 Å². The Morgan fingerprint density at radius 1 is 1.41 bits per heavy atom. The molecule has 9 heteroatoms. The molecule has 22 heavy (non-hydrogen) atoms. The van der Waals surface area contributed by atoms with E-state index in [4.69, 9.17) is 15.0 Å². The van der Waals surface area contributed by atoms with Gasteiger partial charge in [0.2, 0.25) is 10.0 Å². The molecule has 1 aromatic carbocycles. The Morgan fingerprint density at radius 3 is 2.50 bits per heavy atom. The largest absolute Gasteiger partial charge is 0.496 e. The van der Waals surface area contributed by atoms with Gasteiger partial charge in [0.15, 0.2) is 0 Å². The van der Waals surface area contributed by atoms with E-state index in [-0.39, 0.29) is 22.6 Å². The molecule has 0 aliphatic carbocycles. The standard InChI is InChI=1S/C13H18N2O6S/c1-3-4-10(13(17)18)15-12(16)9-7-8(22(14,19)20)5-6-11(9)21-2/h5-7,10H,3-4H2,1-2H3,(H,15,16)(H,17,18)(H2,14,19,20). The van der Waals surface area contributed by atoms with Gasteiger partial charge in [0, 0.05) is 0 Å². The molecular weight excluding hydrogens is 312 g/mol. The highest BCUT2D eigenvalue weighted by atomic mass is 32.2. The lowest BCUT2D eigenvalue weighted by Crippen LogP contribution is -2.40. The second-order valence-electron chi connectivity index (χ2n) is 4.56. The van der Waals surface area contributed by atoms with Gasteiger partial charge in [0.05, 0.1) is 17.6 Å². The Bertz CT molecular complexity index is 671. The summed E-state index contributed by atoms with van der Waals surface area (Å²) in [4.78, 5) is 23.0. The minimum Gasteiger partial charge on any atom is -0.496 e. The van der Waals surface area contributed by atoms with Gasteiger partial charge >= 0.3 is 5.97 Å². The monoisotopic (exact) mass is 330 g/mol. The average molecular weight is 330 g/mol. The number of sulfonamides is 1. The van der Waals surface area contributed by atoms with Gasteiger partial charge in [-0.3, -0.25) is 4.79 Å². The van der Waals surface area contributed by atoms with Crippen molar-refractivity contribution in [2.24, 2.45) is 5.14 Å². The van der Waals surface area contributed by atoms with Crippen molar-refractivity contribution in [1.29, 1.82) is 0 Å². The zero-order valence-corrected chi connectivity index (χ0v) is 13.0. The van der Waals surface area contributed by atoms with Crippen molar-refractivity contribution >= 4 is 21.9 Å². The van der Waals surface area contributed by atoms with Gasteiger partial charge in [-0.25, -0.2) is 18.4 Å². The minimum absolute atomic E-state index is 0.101. The van der Waals surface area contributed by atoms with Crippen LogP contribution in [0.2, 0.25) is 0 Å². The maximum Gasteiger partial charge on any atom is 0.326 e. The minimum atomic E-state index is -3.99. The van der Waals surface area contributed by atoms with Crippen molar-refractivity contribution in [3.63, 3.8) is 0 Å². The molecule has 0 bridgehead atoms. The lowest BCUT2D eigenvalue weighted by atomic mass is 10.1. The maximum atomic E-state index is 12.2. The van der Waals surface area contributed by atoms with Crippen LogP contribution in [0.4, 0.5) is 0 Å². The van der Waals surface area contributed by atoms with E-state index < -0.39 is 27.9 Å². The molecular formula is C13H18N2O6S. The number of primary sulfonamides is 1. The topological polar surface area (TPSA) is 136 Å². The van der Waals surface area contributed by atoms with Crippen LogP contribution in [-0.4, -0.2) is 38.6 Å². The molecule has 0 spiro atoms. The molecule has 4 N–H and O–H groups in total. The number of ether oxygens (including phenoxy) is 1. The number of nitrogens with two attached hydrogens (primary N) is 1. The summed E-state index contributed by atoms with van der Waals surface area (Å²) in [5.41, 5.74) is -0.101. The fourth-order valence-electron chi connectivity index (χ4n) is 1.82. The number of carbonyl (C=O) groups excluding carboxylic acids is 1. The van der Waals surface area contributed by atoms with Crippen molar-refractivity contribution in [2.75, 3.05) is 7.11 Å². The van der Waals surface area contributed by atoms with Crippen LogP contribution in [0.25, 0.3) is 0 Å². The second kappa shape index (κ2) is 7.23. The molecule has 1 atom stereocenters. The van der Waals surface area contributed by atoms with Crippen molar-refractivity contribution in [3.8, 4) is 5.75 Å². The molecule has 1 amide bonds. The summed E-state index contributed by atoms with van der Waals surface area (Å²) >= 11 is 0. The first-order valence-corrected chi connectivity index (χ1v) is 7.99. The highest BCUT2D eigenvalue weighted by molar-refractivity contribution is 7.89. The third-order valence-corrected chi connectivity index (χ3v) is 3.84. The number of carbonyl (C=O) groups is 2. The third-order valence-electron chi connectivity index (χ3n) is 2.92. The van der Waals surface area contributed by atoms with Crippen molar-refractivity contribution in [1.82, 2.24) is 5.32 Å². The third kappa shape index (κ3) is 4.43. The molecule has 0 fully saturated rings. The number of methoxy groups -OCH3 is 1. The molecule has 0 heterocycles. The zero-order chi connectivity index (χ0) is 16.9. The number of amides is 1. The van der Waals surface area contributed by atoms with Crippen LogP contribution < -0.4 is 15.2 Å². The average Bonchev–Trinajstić information content (AvgIpc) is 2.44. The van der Waals surface area contributed by atoms with E-state index in [1.54, 1.807) is 6.92 Å². The normalized spacial score (nSPS) is 12.5. The van der Waals surface area contributed by atoms with Gasteiger partial charge in [0.25, 0.3) is 5.91 Å². The number of aliphatic carboxylic acids is 1. The SMILES string of the molecule is CCCC(NC(=O)c1cc(S(N)(=O)=O)ccc1OC)C(=O)O. The number of hydrogen-bond acceptors (Lipinski definition) is 5. The highest BCUT2D eigenvalue weighted by Crippen LogP contribution is 2.22. The number of carboxylic acid groups (broad SMARTS) is 1. The Labute approximate surface area is 128 Å². The van der Waals surface area contributed by atoms with Crippen LogP contribution >= 0.6 is 0 Å². The molecule has 1 rings (SSSR count). The molecule has 0 radical (unpaired) electrons. The van der Waals surface area contributed by atoms with E-state index in [0.29, 0.717) is 6.42 Å². The molecule has 0 saturated carbocycles. The summed E-state index contributed by atoms with van der Waals surface area (Å²) in [7, 11) is -2.68. The van der Waals surface area contributed by atoms with Crippen LogP contribution in [0.15, 0.2) is 23.1 Å². The van der Waals surface area contributed by atoms with E-state index in [1.165, 1.54) is 19.2 Å². The number of carboxylic acids is 1. The molecule has 1 unspecified atom stereocenters. The Balaban J connectivity index is 3.17. The van der Waals surface area contributed by atoms with Crippen molar-refractivity contribution in [3.05, 3.63) is 23.8 Å². The van der Waals surface area contributed by atoms with Crippen LogP contribution in [-0.2, 0) is 14.8 Å². The molecule has 0 saturated heterocycles. The first-order valence-electron chi connectivity index (χ1n) is 6.45. The van der Waals surface area contributed by atoms with Gasteiger partial charge in [0.1, 0.15) is 11.8 Å². The van der Waals surface area contributed by atoms with E-state index in [9.17, 15) is 18.0 Å². The van der Waals surface area contributed by atoms with Gasteiger partial charge in [-0.05, 0) is 24.6 Å². The van der Waals surface area contributed by atoms with Crippen LogP contribution in [0, 0.1) is 0 Å². The molecule has 0 aromatic heterocycles. The van der Waals surface area contributed by atoms with E-state index in [0.717, 1.165) is 6.07 Å². The number of rotatable bonds is 7. The van der Waals surface area contributed by atoms with Gasteiger partial charge < -0.3 is 15.2 Å². The van der Waals surface area contributed by atoms with E-state index in [1.807, 2.05) is 0 Å². The zero-order valence-electron chi connectivity index (χ0n) is 12.2. The summed E-state index contributed by atoms with van der Waals surface area (Å²) in [6, 6.07) is 2.46. The molecule has 8 nitrogen and oxygen atoms in total. The fraction of sp³-hybridized carbons (Fsp3) is 0.385. The lowest BCUT2D eigenvalue weighted by Gasteiger charge is -2.15. The van der Waals surface area contributed by atoms with Gasteiger partial charge in [-0.1, -0.05) is 13.3 Å². The number of benzene rings is 1. The lowest BCUT2D eigenvalue weighted by molar-refractivity contribution is -0.139. The van der Waals surface area contributed by atoms with Crippen molar-refractivity contribution in [2.45, 2.75) is 30.7 Å². The summed E-state index contributed by atoms with van der Waals surface area (Å²) < 4.78 is 27.7. The Kier molecular flexibility index (Phi) is 5.89. The first-order chi connectivity index (χ1) is 10.2. The number of hydrogen-bond donors (Lipinski definition) is 3. The Hall–Kier alpha value is -2.13. The quantitative estimate of drug-likeness (QED) is 0.659. The highest BCUT2D eigenvalue weighted by Gasteiger charge is 2.23. The fourth-order valence-corrected chi connectivity index (χ4v) is 2.36. The summed E-state index contributed by atoms with van der Waals surface area (Å²) in [6.07, 6.45) is 0.809. The summed E-state index contributed by atoms with van der Waals surface area (Å²) in [6.45, 7) is 1.78. The molecule has 1 aromatic rings. The summed E-state index contributed by atoms with van der Waals surface area (Å²) in [5.74, 6) is -1.80. The van der Waals surface area contributed by atoms with Crippen molar-refractivity contribution < 1.29 is 27.9 Å². The Morgan fingerprint density at radius 2 is 2.05 bits per heavy atom. The predicted octanol–water partition coefficient (Wildman–Crippen LogP) is 0.326. The van der Waals surface area contributed by atoms with E-state index >= 15 is 0 Å². The number of nitrogens with one attached hydrogen (secondary N) is 1. The van der Waals surface area contributed by atoms with Gasteiger partial charge in [-0.15, -0.1) is 0 Å². The maximum absolute atomic E-state index is 12.2. The first kappa shape index (κ1) is 17.9. The summed E-state index contributed by atoms with van der Waals surface area (Å²) in [5, 5.41) is 16.4.